The van der Waals surface area contributed by atoms with Gasteiger partial charge >= 0.3 is 0 Å². The van der Waals surface area contributed by atoms with E-state index in [0.717, 1.165) is 49.5 Å². The first-order valence-electron chi connectivity index (χ1n) is 10.7. The minimum absolute atomic E-state index is 0.158. The summed E-state index contributed by atoms with van der Waals surface area (Å²) in [5, 5.41) is 2.31. The van der Waals surface area contributed by atoms with Gasteiger partial charge in [0.2, 0.25) is 17.1 Å². The summed E-state index contributed by atoms with van der Waals surface area (Å²) in [5.74, 6) is 1.82. The van der Waals surface area contributed by atoms with Gasteiger partial charge in [0, 0.05) is 37.5 Å². The third-order valence-corrected chi connectivity index (χ3v) is 6.12. The first-order valence-corrected chi connectivity index (χ1v) is 10.7. The van der Waals surface area contributed by atoms with E-state index in [1.807, 2.05) is 34.0 Å². The molecule has 0 bridgehead atoms. The highest BCUT2D eigenvalue weighted by Crippen LogP contribution is 2.32. The molecule has 0 N–H and O–H groups in total. The van der Waals surface area contributed by atoms with Crippen LogP contribution in [0.1, 0.15) is 31.4 Å². The van der Waals surface area contributed by atoms with E-state index in [-0.39, 0.29) is 17.1 Å². The molecule has 2 aliphatic rings. The van der Waals surface area contributed by atoms with Crippen molar-refractivity contribution >= 4 is 16.7 Å². The van der Waals surface area contributed by atoms with E-state index in [2.05, 4.69) is 12.1 Å². The second-order valence-electron chi connectivity index (χ2n) is 8.49. The van der Waals surface area contributed by atoms with Crippen molar-refractivity contribution in [2.75, 3.05) is 19.7 Å². The summed E-state index contributed by atoms with van der Waals surface area (Å²) in [4.78, 5) is 26.6. The van der Waals surface area contributed by atoms with Crippen LogP contribution in [-0.2, 0) is 11.3 Å². The minimum atomic E-state index is -0.158. The van der Waals surface area contributed by atoms with Crippen LogP contribution < -0.4 is 10.2 Å². The molecule has 30 heavy (non-hydrogen) atoms. The molecule has 3 aromatic rings. The van der Waals surface area contributed by atoms with E-state index in [9.17, 15) is 9.59 Å². The number of piperidine rings is 1. The van der Waals surface area contributed by atoms with Crippen molar-refractivity contribution in [2.24, 2.45) is 11.8 Å². The number of ether oxygens (including phenoxy) is 1. The van der Waals surface area contributed by atoms with Crippen molar-refractivity contribution in [1.29, 1.82) is 0 Å². The van der Waals surface area contributed by atoms with Crippen LogP contribution in [0.3, 0.4) is 0 Å². The van der Waals surface area contributed by atoms with E-state index >= 15 is 0 Å². The van der Waals surface area contributed by atoms with Crippen LogP contribution in [0.25, 0.3) is 10.8 Å². The Labute approximate surface area is 175 Å². The van der Waals surface area contributed by atoms with E-state index < -0.39 is 0 Å². The summed E-state index contributed by atoms with van der Waals surface area (Å²) in [7, 11) is 0. The molecule has 6 nitrogen and oxygen atoms in total. The number of carbonyl (C=O) groups excluding carboxylic acids is 1. The van der Waals surface area contributed by atoms with Crippen molar-refractivity contribution in [2.45, 2.75) is 32.2 Å². The number of aromatic nitrogens is 1. The molecule has 1 amide bonds. The number of amides is 1. The predicted molar refractivity (Wildman–Crippen MR) is 114 cm³/mol. The molecule has 2 aromatic heterocycles. The number of likely N-dealkylation sites (tertiary alicyclic amines) is 1. The molecule has 0 unspecified atom stereocenters. The zero-order valence-electron chi connectivity index (χ0n) is 17.0. The maximum absolute atomic E-state index is 12.5. The number of fused-ring (bicyclic) bond motifs is 1. The molecule has 1 saturated carbocycles. The molecule has 3 heterocycles. The third kappa shape index (κ3) is 4.13. The van der Waals surface area contributed by atoms with Gasteiger partial charge in [0.25, 0.3) is 0 Å². The van der Waals surface area contributed by atoms with Gasteiger partial charge in [-0.05, 0) is 42.4 Å². The van der Waals surface area contributed by atoms with Crippen LogP contribution in [0.5, 0.6) is 5.75 Å². The Kier molecular flexibility index (Phi) is 5.07. The van der Waals surface area contributed by atoms with Gasteiger partial charge in [-0.3, -0.25) is 9.59 Å². The lowest BCUT2D eigenvalue weighted by molar-refractivity contribution is -0.134. The monoisotopic (exact) mass is 406 g/mol. The molecule has 5 rings (SSSR count). The van der Waals surface area contributed by atoms with Gasteiger partial charge in [-0.2, -0.15) is 0 Å². The highest BCUT2D eigenvalue weighted by atomic mass is 16.5. The number of carbonyl (C=O) groups is 1. The maximum Gasteiger partial charge on any atom is 0.227 e. The molecule has 1 aliphatic carbocycles. The van der Waals surface area contributed by atoms with Crippen molar-refractivity contribution < 1.29 is 13.9 Å². The van der Waals surface area contributed by atoms with Gasteiger partial charge in [0.05, 0.1) is 13.2 Å². The summed E-state index contributed by atoms with van der Waals surface area (Å²) in [6.07, 6.45) is 9.45. The van der Waals surface area contributed by atoms with Gasteiger partial charge in [0.15, 0.2) is 0 Å². The molecule has 0 radical (unpaired) electrons. The fraction of sp³-hybridized carbons (Fsp3) is 0.417. The molecular weight excluding hydrogens is 380 g/mol. The van der Waals surface area contributed by atoms with Gasteiger partial charge in [-0.1, -0.05) is 24.3 Å². The fourth-order valence-corrected chi connectivity index (χ4v) is 4.15. The largest absolute Gasteiger partial charge is 0.486 e. The summed E-state index contributed by atoms with van der Waals surface area (Å²) in [5.41, 5.74) is -0.158. The van der Waals surface area contributed by atoms with Gasteiger partial charge in [0.1, 0.15) is 12.0 Å². The first-order chi connectivity index (χ1) is 14.7. The number of benzene rings is 1. The van der Waals surface area contributed by atoms with Crippen molar-refractivity contribution in [3.8, 4) is 5.75 Å². The maximum atomic E-state index is 12.5. The van der Waals surface area contributed by atoms with E-state index in [1.165, 1.54) is 12.3 Å². The average Bonchev–Trinajstić information content (AvgIpc) is 3.53. The van der Waals surface area contributed by atoms with Gasteiger partial charge in [-0.25, -0.2) is 0 Å². The Morgan fingerprint density at radius 2 is 1.77 bits per heavy atom. The molecule has 156 valence electrons. The molecule has 0 atom stereocenters. The molecule has 6 heteroatoms. The SMILES string of the molecule is O=C(C1CC1)N1CCC(COc2coc(Cn3cc4ccccc4c3)cc2=O)CC1. The molecule has 1 aliphatic heterocycles. The van der Waals surface area contributed by atoms with Crippen molar-refractivity contribution in [3.63, 3.8) is 0 Å². The van der Waals surface area contributed by atoms with Gasteiger partial charge < -0.3 is 18.6 Å². The van der Waals surface area contributed by atoms with Crippen LogP contribution in [0, 0.1) is 11.8 Å². The summed E-state index contributed by atoms with van der Waals surface area (Å²) in [6, 6.07) is 9.65. The number of hydrogen-bond donors (Lipinski definition) is 0. The zero-order chi connectivity index (χ0) is 20.5. The molecule has 1 saturated heterocycles. The minimum Gasteiger partial charge on any atom is -0.486 e. The van der Waals surface area contributed by atoms with Crippen LogP contribution in [0.15, 0.2) is 58.2 Å². The topological polar surface area (TPSA) is 64.7 Å². The highest BCUT2D eigenvalue weighted by Gasteiger charge is 2.34. The summed E-state index contributed by atoms with van der Waals surface area (Å²) >= 11 is 0. The summed E-state index contributed by atoms with van der Waals surface area (Å²) in [6.45, 7) is 2.57. The number of rotatable bonds is 6. The Hall–Kier alpha value is -3.02. The average molecular weight is 406 g/mol. The van der Waals surface area contributed by atoms with Crippen LogP contribution in [0.2, 0.25) is 0 Å². The number of nitrogens with zero attached hydrogens (tertiary/aromatic N) is 2. The zero-order valence-corrected chi connectivity index (χ0v) is 17.0. The Morgan fingerprint density at radius 3 is 2.40 bits per heavy atom. The Bertz CT molecular complexity index is 1070. The lowest BCUT2D eigenvalue weighted by atomic mass is 9.97. The molecule has 2 fully saturated rings. The quantitative estimate of drug-likeness (QED) is 0.627. The van der Waals surface area contributed by atoms with E-state index in [1.54, 1.807) is 0 Å². The standard InChI is InChI=1S/C24H26N2O4/c27-22-11-21(14-25-12-19-3-1-2-4-20(19)13-25)29-16-23(22)30-15-17-7-9-26(10-8-17)24(28)18-5-6-18/h1-4,11-13,16-18H,5-10,14-15H2. The fourth-order valence-electron chi connectivity index (χ4n) is 4.15. The van der Waals surface area contributed by atoms with E-state index in [0.29, 0.717) is 30.7 Å². The number of hydrogen-bond acceptors (Lipinski definition) is 4. The van der Waals surface area contributed by atoms with Gasteiger partial charge in [-0.15, -0.1) is 0 Å². The molecule has 0 spiro atoms. The second kappa shape index (κ2) is 8.01. The van der Waals surface area contributed by atoms with Crippen LogP contribution in [0.4, 0.5) is 0 Å². The lowest BCUT2D eigenvalue weighted by Gasteiger charge is -2.32. The third-order valence-electron chi connectivity index (χ3n) is 6.12. The van der Waals surface area contributed by atoms with Crippen LogP contribution >= 0.6 is 0 Å². The van der Waals surface area contributed by atoms with Crippen LogP contribution in [-0.4, -0.2) is 35.1 Å². The molecule has 1 aromatic carbocycles. The lowest BCUT2D eigenvalue weighted by Crippen LogP contribution is -2.40. The highest BCUT2D eigenvalue weighted by molar-refractivity contribution is 5.82. The first kappa shape index (κ1) is 19.0. The molecular formula is C24H26N2O4. The Balaban J connectivity index is 1.15. The normalized spacial score (nSPS) is 17.4. The van der Waals surface area contributed by atoms with E-state index in [4.69, 9.17) is 9.15 Å². The van der Waals surface area contributed by atoms with Crippen molar-refractivity contribution in [1.82, 2.24) is 9.47 Å². The van der Waals surface area contributed by atoms with Crippen molar-refractivity contribution in [3.05, 3.63) is 65.0 Å². The predicted octanol–water partition coefficient (Wildman–Crippen LogP) is 3.67. The summed E-state index contributed by atoms with van der Waals surface area (Å²) < 4.78 is 13.4. The smallest absolute Gasteiger partial charge is 0.227 e. The Morgan fingerprint density at radius 1 is 1.07 bits per heavy atom. The second-order valence-corrected chi connectivity index (χ2v) is 8.49.